The lowest BCUT2D eigenvalue weighted by atomic mass is 9.98. The minimum absolute atomic E-state index is 0.0435. The molecule has 0 amide bonds. The first-order valence-corrected chi connectivity index (χ1v) is 6.67. The van der Waals surface area contributed by atoms with Crippen LogP contribution in [0.15, 0.2) is 18.2 Å². The van der Waals surface area contributed by atoms with Crippen molar-refractivity contribution in [2.75, 3.05) is 0 Å². The van der Waals surface area contributed by atoms with E-state index in [1.165, 1.54) is 37.8 Å². The standard InChI is InChI=1S/C14H17ClF2/c15-12(7-10-3-1-2-4-10)8-11-5-6-13(16)9-14(11)17/h5-6,9-10,12H,1-4,7-8H2. The summed E-state index contributed by atoms with van der Waals surface area (Å²) in [6, 6.07) is 3.71. The van der Waals surface area contributed by atoms with Crippen molar-refractivity contribution in [3.8, 4) is 0 Å². The Bertz CT molecular complexity index is 372. The molecule has 0 N–H and O–H groups in total. The number of alkyl halides is 1. The minimum atomic E-state index is -0.534. The van der Waals surface area contributed by atoms with Crippen molar-refractivity contribution in [1.29, 1.82) is 0 Å². The minimum Gasteiger partial charge on any atom is -0.207 e. The van der Waals surface area contributed by atoms with Crippen molar-refractivity contribution >= 4 is 11.6 Å². The topological polar surface area (TPSA) is 0 Å². The zero-order chi connectivity index (χ0) is 12.3. The summed E-state index contributed by atoms with van der Waals surface area (Å²) < 4.78 is 26.2. The second-order valence-electron chi connectivity index (χ2n) is 4.92. The number of rotatable bonds is 4. The SMILES string of the molecule is Fc1ccc(CC(Cl)CC2CCCC2)c(F)c1. The van der Waals surface area contributed by atoms with Gasteiger partial charge in [-0.2, -0.15) is 0 Å². The average molecular weight is 259 g/mol. The van der Waals surface area contributed by atoms with Gasteiger partial charge in [0.25, 0.3) is 0 Å². The highest BCUT2D eigenvalue weighted by Gasteiger charge is 2.19. The molecule has 1 atom stereocenters. The number of benzene rings is 1. The molecule has 3 heteroatoms. The van der Waals surface area contributed by atoms with Crippen LogP contribution in [0.1, 0.15) is 37.7 Å². The number of hydrogen-bond acceptors (Lipinski definition) is 0. The van der Waals surface area contributed by atoms with Gasteiger partial charge in [0, 0.05) is 11.4 Å². The Kier molecular flexibility index (Phi) is 4.38. The predicted molar refractivity (Wildman–Crippen MR) is 66.3 cm³/mol. The molecule has 1 aliphatic rings. The molecule has 0 bridgehead atoms. The second kappa shape index (κ2) is 5.81. The fourth-order valence-corrected chi connectivity index (χ4v) is 3.04. The molecule has 2 rings (SSSR count). The fourth-order valence-electron chi connectivity index (χ4n) is 2.62. The Labute approximate surface area is 106 Å². The van der Waals surface area contributed by atoms with E-state index in [1.54, 1.807) is 0 Å². The molecule has 0 radical (unpaired) electrons. The largest absolute Gasteiger partial charge is 0.207 e. The highest BCUT2D eigenvalue weighted by atomic mass is 35.5. The molecule has 1 aliphatic carbocycles. The molecule has 17 heavy (non-hydrogen) atoms. The molecule has 1 aromatic rings. The lowest BCUT2D eigenvalue weighted by Crippen LogP contribution is -2.10. The number of hydrogen-bond donors (Lipinski definition) is 0. The third-order valence-corrected chi connectivity index (χ3v) is 3.85. The molecule has 0 heterocycles. The van der Waals surface area contributed by atoms with Crippen molar-refractivity contribution in [2.45, 2.75) is 43.9 Å². The van der Waals surface area contributed by atoms with Crippen LogP contribution in [-0.2, 0) is 6.42 Å². The van der Waals surface area contributed by atoms with Gasteiger partial charge in [-0.05, 0) is 30.4 Å². The Morgan fingerprint density at radius 1 is 1.24 bits per heavy atom. The molecule has 0 saturated heterocycles. The van der Waals surface area contributed by atoms with Crippen molar-refractivity contribution < 1.29 is 8.78 Å². The molecular formula is C14H17ClF2. The molecule has 1 aromatic carbocycles. The molecular weight excluding hydrogens is 242 g/mol. The van der Waals surface area contributed by atoms with E-state index in [4.69, 9.17) is 11.6 Å². The summed E-state index contributed by atoms with van der Waals surface area (Å²) in [6.45, 7) is 0. The molecule has 1 saturated carbocycles. The highest BCUT2D eigenvalue weighted by molar-refractivity contribution is 6.20. The van der Waals surface area contributed by atoms with Gasteiger partial charge in [0.2, 0.25) is 0 Å². The van der Waals surface area contributed by atoms with Gasteiger partial charge in [-0.25, -0.2) is 8.78 Å². The van der Waals surface area contributed by atoms with Crippen LogP contribution in [0.5, 0.6) is 0 Å². The third kappa shape index (κ3) is 3.67. The summed E-state index contributed by atoms with van der Waals surface area (Å²) >= 11 is 6.25. The van der Waals surface area contributed by atoms with Crippen molar-refractivity contribution in [1.82, 2.24) is 0 Å². The van der Waals surface area contributed by atoms with E-state index in [9.17, 15) is 8.78 Å². The normalized spacial score (nSPS) is 18.5. The molecule has 0 aliphatic heterocycles. The lowest BCUT2D eigenvalue weighted by molar-refractivity contribution is 0.483. The van der Waals surface area contributed by atoms with Gasteiger partial charge in [0.05, 0.1) is 0 Å². The Hall–Kier alpha value is -0.630. The van der Waals surface area contributed by atoms with E-state index in [-0.39, 0.29) is 5.38 Å². The summed E-state index contributed by atoms with van der Waals surface area (Å²) in [7, 11) is 0. The van der Waals surface area contributed by atoms with Crippen molar-refractivity contribution in [3.05, 3.63) is 35.4 Å². The number of halogens is 3. The van der Waals surface area contributed by atoms with Gasteiger partial charge in [-0.1, -0.05) is 31.7 Å². The van der Waals surface area contributed by atoms with Gasteiger partial charge in [-0.3, -0.25) is 0 Å². The molecule has 1 fully saturated rings. The van der Waals surface area contributed by atoms with E-state index in [0.29, 0.717) is 17.9 Å². The summed E-state index contributed by atoms with van der Waals surface area (Å²) in [4.78, 5) is 0. The quantitative estimate of drug-likeness (QED) is 0.687. The van der Waals surface area contributed by atoms with Gasteiger partial charge >= 0.3 is 0 Å². The summed E-state index contributed by atoms with van der Waals surface area (Å²) in [5.41, 5.74) is 0.518. The highest BCUT2D eigenvalue weighted by Crippen LogP contribution is 2.31. The lowest BCUT2D eigenvalue weighted by Gasteiger charge is -2.14. The summed E-state index contributed by atoms with van der Waals surface area (Å²) in [5.74, 6) is -0.323. The molecule has 0 nitrogen and oxygen atoms in total. The Morgan fingerprint density at radius 3 is 2.59 bits per heavy atom. The van der Waals surface area contributed by atoms with Gasteiger partial charge < -0.3 is 0 Å². The third-order valence-electron chi connectivity index (χ3n) is 3.52. The first kappa shape index (κ1) is 12.8. The van der Waals surface area contributed by atoms with Crippen LogP contribution in [0, 0.1) is 17.6 Å². The smallest absolute Gasteiger partial charge is 0.129 e. The molecule has 0 spiro atoms. The van der Waals surface area contributed by atoms with Crippen LogP contribution in [0.4, 0.5) is 8.78 Å². The van der Waals surface area contributed by atoms with Crippen molar-refractivity contribution in [2.24, 2.45) is 5.92 Å². The van der Waals surface area contributed by atoms with E-state index in [1.807, 2.05) is 0 Å². The molecule has 94 valence electrons. The van der Waals surface area contributed by atoms with Crippen LogP contribution in [-0.4, -0.2) is 5.38 Å². The summed E-state index contributed by atoms with van der Waals surface area (Å²) in [6.07, 6.45) is 6.51. The maximum absolute atomic E-state index is 13.4. The van der Waals surface area contributed by atoms with Crippen LogP contribution in [0.2, 0.25) is 0 Å². The van der Waals surface area contributed by atoms with Crippen LogP contribution in [0.25, 0.3) is 0 Å². The van der Waals surface area contributed by atoms with Crippen LogP contribution < -0.4 is 0 Å². The van der Waals surface area contributed by atoms with Crippen LogP contribution in [0.3, 0.4) is 0 Å². The van der Waals surface area contributed by atoms with E-state index >= 15 is 0 Å². The molecule has 1 unspecified atom stereocenters. The Balaban J connectivity index is 1.90. The van der Waals surface area contributed by atoms with Gasteiger partial charge in [0.15, 0.2) is 0 Å². The first-order chi connectivity index (χ1) is 8.15. The zero-order valence-corrected chi connectivity index (χ0v) is 10.5. The van der Waals surface area contributed by atoms with E-state index in [2.05, 4.69) is 0 Å². The maximum atomic E-state index is 13.4. The second-order valence-corrected chi connectivity index (χ2v) is 5.54. The van der Waals surface area contributed by atoms with Crippen LogP contribution >= 0.6 is 11.6 Å². The van der Waals surface area contributed by atoms with Crippen molar-refractivity contribution in [3.63, 3.8) is 0 Å². The summed E-state index contributed by atoms with van der Waals surface area (Å²) in [5, 5.41) is -0.0435. The zero-order valence-electron chi connectivity index (χ0n) is 9.76. The van der Waals surface area contributed by atoms with Gasteiger partial charge in [-0.15, -0.1) is 11.6 Å². The maximum Gasteiger partial charge on any atom is 0.129 e. The monoisotopic (exact) mass is 258 g/mol. The van der Waals surface area contributed by atoms with Gasteiger partial charge in [0.1, 0.15) is 11.6 Å². The fraction of sp³-hybridized carbons (Fsp3) is 0.571. The Morgan fingerprint density at radius 2 is 1.94 bits per heavy atom. The predicted octanol–water partition coefficient (Wildman–Crippen LogP) is 4.70. The van der Waals surface area contributed by atoms with E-state index < -0.39 is 11.6 Å². The first-order valence-electron chi connectivity index (χ1n) is 6.23. The van der Waals surface area contributed by atoms with E-state index in [0.717, 1.165) is 12.5 Å². The average Bonchev–Trinajstić information content (AvgIpc) is 2.75. The molecule has 0 aromatic heterocycles.